The van der Waals surface area contributed by atoms with Crippen LogP contribution in [0.3, 0.4) is 0 Å². The molecule has 0 aromatic carbocycles. The van der Waals surface area contributed by atoms with Crippen LogP contribution in [0.25, 0.3) is 17.0 Å². The Kier molecular flexibility index (Phi) is 11.4. The average Bonchev–Trinajstić information content (AvgIpc) is 2.80. The van der Waals surface area contributed by atoms with Gasteiger partial charge in [-0.3, -0.25) is 9.36 Å². The molecule has 6 heteroatoms. The van der Waals surface area contributed by atoms with Gasteiger partial charge in [0.05, 0.1) is 16.8 Å². The maximum absolute atomic E-state index is 12.8. The molecule has 0 bridgehead atoms. The van der Waals surface area contributed by atoms with Gasteiger partial charge in [0, 0.05) is 29.9 Å². The number of aromatic nitrogens is 3. The molecule has 2 aromatic heterocycles. The number of hydrogen-bond donors (Lipinski definition) is 1. The minimum atomic E-state index is -0.0324. The van der Waals surface area contributed by atoms with Crippen molar-refractivity contribution in [3.8, 4) is 11.3 Å². The zero-order chi connectivity index (χ0) is 23.4. The molecule has 0 aliphatic carbocycles. The Hall–Kier alpha value is -2.86. The van der Waals surface area contributed by atoms with Crippen molar-refractivity contribution in [2.45, 2.75) is 51.8 Å². The third kappa shape index (κ3) is 6.56. The molecule has 0 amide bonds. The molecule has 0 atom stereocenters. The monoisotopic (exact) mass is 438 g/mol. The first kappa shape index (κ1) is 26.2. The van der Waals surface area contributed by atoms with Crippen molar-refractivity contribution in [1.82, 2.24) is 14.5 Å². The minimum Gasteiger partial charge on any atom is -0.385 e. The highest BCUT2D eigenvalue weighted by Crippen LogP contribution is 2.41. The van der Waals surface area contributed by atoms with Gasteiger partial charge < -0.3 is 5.32 Å². The topological polar surface area (TPSA) is 59.8 Å². The average molecular weight is 439 g/mol. The molecule has 1 aliphatic heterocycles. The number of allylic oxidation sites excluding steroid dienone is 5. The standard InChI is InChI=1S/C17H18N4OS.C6H10.C2H6/c1-4-6-11(3)21-10-20-15-12(17(21)22)9-23-16-14(15)13(18-5-2)7-8-19-16;1-4-6(3)5-2;1-2/h4,6-8,10H,1,5,9H2,2-3H3,(H,18,19);4H,1,3,5H2,2H3;1-2H3/b11-6+;;. The quantitative estimate of drug-likeness (QED) is 0.518. The van der Waals surface area contributed by atoms with Gasteiger partial charge in [-0.25, -0.2) is 9.97 Å². The van der Waals surface area contributed by atoms with Crippen LogP contribution in [0.15, 0.2) is 71.9 Å². The largest absolute Gasteiger partial charge is 0.385 e. The second-order valence-corrected chi connectivity index (χ2v) is 7.33. The Morgan fingerprint density at radius 1 is 1.29 bits per heavy atom. The van der Waals surface area contributed by atoms with Crippen LogP contribution in [0, 0.1) is 0 Å². The van der Waals surface area contributed by atoms with Crippen LogP contribution in [-0.2, 0) is 5.75 Å². The molecule has 0 radical (unpaired) electrons. The first-order valence-corrected chi connectivity index (χ1v) is 11.5. The molecule has 0 saturated heterocycles. The van der Waals surface area contributed by atoms with Crippen LogP contribution in [0.5, 0.6) is 0 Å². The van der Waals surface area contributed by atoms with Crippen molar-refractivity contribution in [3.63, 3.8) is 0 Å². The van der Waals surface area contributed by atoms with Gasteiger partial charge in [-0.2, -0.15) is 0 Å². The van der Waals surface area contributed by atoms with Crippen molar-refractivity contribution < 1.29 is 0 Å². The molecular weight excluding hydrogens is 404 g/mol. The molecule has 3 heterocycles. The van der Waals surface area contributed by atoms with Crippen LogP contribution >= 0.6 is 11.8 Å². The summed E-state index contributed by atoms with van der Waals surface area (Å²) in [6.45, 7) is 21.6. The zero-order valence-corrected chi connectivity index (χ0v) is 20.2. The molecule has 0 spiro atoms. The number of pyridine rings is 1. The number of fused-ring (bicyclic) bond motifs is 3. The van der Waals surface area contributed by atoms with E-state index < -0.39 is 0 Å². The summed E-state index contributed by atoms with van der Waals surface area (Å²) in [6, 6.07) is 1.92. The van der Waals surface area contributed by atoms with Gasteiger partial charge >= 0.3 is 0 Å². The fraction of sp³-hybridized carbons (Fsp3) is 0.320. The number of thioether (sulfide) groups is 1. The number of hydrogen-bond acceptors (Lipinski definition) is 5. The molecular formula is C25H34N4OS. The Morgan fingerprint density at radius 3 is 2.55 bits per heavy atom. The van der Waals surface area contributed by atoms with Crippen LogP contribution in [-0.4, -0.2) is 21.1 Å². The predicted molar refractivity (Wildman–Crippen MR) is 137 cm³/mol. The Labute approximate surface area is 190 Å². The Balaban J connectivity index is 0.000000521. The highest BCUT2D eigenvalue weighted by molar-refractivity contribution is 7.98. The van der Waals surface area contributed by atoms with Gasteiger partial charge in [-0.05, 0) is 32.4 Å². The lowest BCUT2D eigenvalue weighted by atomic mass is 10.1. The van der Waals surface area contributed by atoms with E-state index in [9.17, 15) is 4.79 Å². The summed E-state index contributed by atoms with van der Waals surface area (Å²) >= 11 is 1.58. The molecule has 0 fully saturated rings. The summed E-state index contributed by atoms with van der Waals surface area (Å²) < 4.78 is 1.56. The van der Waals surface area contributed by atoms with E-state index in [0.717, 1.165) is 46.2 Å². The molecule has 0 saturated carbocycles. The summed E-state index contributed by atoms with van der Waals surface area (Å²) in [5.74, 6) is 0.582. The van der Waals surface area contributed by atoms with Crippen LogP contribution < -0.4 is 10.9 Å². The fourth-order valence-corrected chi connectivity index (χ4v) is 3.77. The van der Waals surface area contributed by atoms with E-state index in [-0.39, 0.29) is 5.56 Å². The van der Waals surface area contributed by atoms with Crippen molar-refractivity contribution in [2.75, 3.05) is 11.9 Å². The number of rotatable bonds is 6. The maximum Gasteiger partial charge on any atom is 0.262 e. The summed E-state index contributed by atoms with van der Waals surface area (Å²) in [6.07, 6.45) is 9.62. The van der Waals surface area contributed by atoms with Gasteiger partial charge in [-0.1, -0.05) is 58.2 Å². The lowest BCUT2D eigenvalue weighted by Gasteiger charge is -2.21. The second-order valence-electron chi connectivity index (χ2n) is 6.36. The first-order chi connectivity index (χ1) is 15.0. The smallest absolute Gasteiger partial charge is 0.262 e. The van der Waals surface area contributed by atoms with Crippen LogP contribution in [0.4, 0.5) is 5.69 Å². The third-order valence-corrected chi connectivity index (χ3v) is 5.44. The van der Waals surface area contributed by atoms with E-state index in [0.29, 0.717) is 11.3 Å². The highest BCUT2D eigenvalue weighted by atomic mass is 32.2. The van der Waals surface area contributed by atoms with Crippen LogP contribution in [0.2, 0.25) is 0 Å². The SMILES string of the molecule is C=C/C=C(\C)n1cnc2c(c1=O)CSc1nccc(NCC)c1-2.C=CC(=C)CC.CC. The first-order valence-electron chi connectivity index (χ1n) is 10.5. The summed E-state index contributed by atoms with van der Waals surface area (Å²) in [7, 11) is 0. The van der Waals surface area contributed by atoms with E-state index in [1.54, 1.807) is 47.1 Å². The van der Waals surface area contributed by atoms with Gasteiger partial charge in [0.25, 0.3) is 5.56 Å². The Morgan fingerprint density at radius 2 is 2.00 bits per heavy atom. The summed E-state index contributed by atoms with van der Waals surface area (Å²) in [5.41, 5.74) is 5.22. The van der Waals surface area contributed by atoms with Crippen molar-refractivity contribution in [1.29, 1.82) is 0 Å². The minimum absolute atomic E-state index is 0.0324. The lowest BCUT2D eigenvalue weighted by Crippen LogP contribution is -2.25. The predicted octanol–water partition coefficient (Wildman–Crippen LogP) is 6.55. The number of nitrogens with one attached hydrogen (secondary N) is 1. The zero-order valence-electron chi connectivity index (χ0n) is 19.4. The van der Waals surface area contributed by atoms with Gasteiger partial charge in [0.15, 0.2) is 0 Å². The molecule has 1 N–H and O–H groups in total. The molecule has 5 nitrogen and oxygen atoms in total. The third-order valence-electron chi connectivity index (χ3n) is 4.42. The number of anilines is 1. The Bertz CT molecular complexity index is 1010. The molecule has 3 rings (SSSR count). The number of nitrogens with zero attached hydrogens (tertiary/aromatic N) is 3. The van der Waals surface area contributed by atoms with E-state index >= 15 is 0 Å². The van der Waals surface area contributed by atoms with Gasteiger partial charge in [0.1, 0.15) is 11.4 Å². The van der Waals surface area contributed by atoms with Crippen LogP contribution in [0.1, 0.15) is 46.6 Å². The van der Waals surface area contributed by atoms with E-state index in [4.69, 9.17) is 0 Å². The molecule has 2 aromatic rings. The van der Waals surface area contributed by atoms with E-state index in [1.807, 2.05) is 33.8 Å². The van der Waals surface area contributed by atoms with Gasteiger partial charge in [-0.15, -0.1) is 11.8 Å². The summed E-state index contributed by atoms with van der Waals surface area (Å²) in [5, 5.41) is 4.24. The van der Waals surface area contributed by atoms with E-state index in [2.05, 4.69) is 41.9 Å². The van der Waals surface area contributed by atoms with Gasteiger partial charge in [0.2, 0.25) is 0 Å². The summed E-state index contributed by atoms with van der Waals surface area (Å²) in [4.78, 5) is 21.8. The molecule has 1 aliphatic rings. The van der Waals surface area contributed by atoms with Crippen molar-refractivity contribution >= 4 is 23.1 Å². The molecule has 31 heavy (non-hydrogen) atoms. The molecule has 0 unspecified atom stereocenters. The second kappa shape index (κ2) is 13.4. The lowest BCUT2D eigenvalue weighted by molar-refractivity contribution is 0.920. The van der Waals surface area contributed by atoms with E-state index in [1.165, 1.54) is 0 Å². The maximum atomic E-state index is 12.8. The fourth-order valence-electron chi connectivity index (χ4n) is 2.74. The normalized spacial score (nSPS) is 11.5. The van der Waals surface area contributed by atoms with Crippen molar-refractivity contribution in [2.24, 2.45) is 0 Å². The highest BCUT2D eigenvalue weighted by Gasteiger charge is 2.25. The van der Waals surface area contributed by atoms with Crippen molar-refractivity contribution in [3.05, 3.63) is 78.0 Å². The molecule has 166 valence electrons.